The monoisotopic (exact) mass is 244 g/mol. The van der Waals surface area contributed by atoms with Gasteiger partial charge < -0.3 is 5.11 Å². The van der Waals surface area contributed by atoms with Crippen LogP contribution < -0.4 is 0 Å². The van der Waals surface area contributed by atoms with Gasteiger partial charge in [-0.1, -0.05) is 43.5 Å². The van der Waals surface area contributed by atoms with Crippen LogP contribution in [0.4, 0.5) is 0 Å². The minimum Gasteiger partial charge on any atom is -0.390 e. The molecule has 0 amide bonds. The summed E-state index contributed by atoms with van der Waals surface area (Å²) in [6, 6.07) is 7.87. The minimum absolute atomic E-state index is 0.00509. The fraction of sp³-hybridized carbons (Fsp3) is 0.562. The molecule has 1 N–H and O–H groups in total. The molecule has 0 aliphatic heterocycles. The lowest BCUT2D eigenvalue weighted by molar-refractivity contribution is -0.0148. The van der Waals surface area contributed by atoms with Crippen LogP contribution in [0.3, 0.4) is 0 Å². The largest absolute Gasteiger partial charge is 0.390 e. The molecule has 2 nitrogen and oxygen atoms in total. The standard InChI is InChI=1S/C16H20O2/c17-15-13(10-12-6-2-3-7-14(12)15)11-16(18)8-4-1-5-9-16/h2-3,6-7,13,18H,1,4-5,8-11H2. The Kier molecular flexibility index (Phi) is 2.98. The van der Waals surface area contributed by atoms with Gasteiger partial charge in [0.2, 0.25) is 0 Å². The molecule has 0 spiro atoms. The SMILES string of the molecule is O=C1c2ccccc2CC1CC1(O)CCCCC1. The van der Waals surface area contributed by atoms with Gasteiger partial charge in [-0.05, 0) is 31.2 Å². The van der Waals surface area contributed by atoms with E-state index in [1.807, 2.05) is 24.3 Å². The number of benzene rings is 1. The van der Waals surface area contributed by atoms with E-state index in [-0.39, 0.29) is 11.7 Å². The number of aliphatic hydroxyl groups is 1. The summed E-state index contributed by atoms with van der Waals surface area (Å²) in [6.45, 7) is 0. The fourth-order valence-corrected chi connectivity index (χ4v) is 3.55. The molecule has 3 rings (SSSR count). The van der Waals surface area contributed by atoms with Crippen molar-refractivity contribution in [3.05, 3.63) is 35.4 Å². The molecule has 2 aliphatic rings. The van der Waals surface area contributed by atoms with Crippen molar-refractivity contribution in [2.45, 2.75) is 50.5 Å². The number of rotatable bonds is 2. The Morgan fingerprint density at radius 2 is 1.89 bits per heavy atom. The van der Waals surface area contributed by atoms with Crippen LogP contribution >= 0.6 is 0 Å². The molecule has 1 saturated carbocycles. The van der Waals surface area contributed by atoms with Crippen molar-refractivity contribution in [3.8, 4) is 0 Å². The zero-order chi connectivity index (χ0) is 12.6. The Morgan fingerprint density at radius 1 is 1.17 bits per heavy atom. The predicted molar refractivity (Wildman–Crippen MR) is 70.6 cm³/mol. The molecular formula is C16H20O2. The van der Waals surface area contributed by atoms with Crippen molar-refractivity contribution < 1.29 is 9.90 Å². The molecule has 0 heterocycles. The summed E-state index contributed by atoms with van der Waals surface area (Å²) >= 11 is 0. The molecule has 0 bridgehead atoms. The summed E-state index contributed by atoms with van der Waals surface area (Å²) in [7, 11) is 0. The third kappa shape index (κ3) is 2.10. The van der Waals surface area contributed by atoms with E-state index in [0.29, 0.717) is 6.42 Å². The first-order valence-corrected chi connectivity index (χ1v) is 7.02. The van der Waals surface area contributed by atoms with E-state index in [9.17, 15) is 9.90 Å². The van der Waals surface area contributed by atoms with Gasteiger partial charge in [0, 0.05) is 11.5 Å². The van der Waals surface area contributed by atoms with Gasteiger partial charge in [-0.15, -0.1) is 0 Å². The number of hydrogen-bond donors (Lipinski definition) is 1. The van der Waals surface area contributed by atoms with Crippen LogP contribution in [-0.2, 0) is 6.42 Å². The first-order chi connectivity index (χ1) is 8.68. The van der Waals surface area contributed by atoms with Gasteiger partial charge in [-0.3, -0.25) is 4.79 Å². The van der Waals surface area contributed by atoms with Crippen molar-refractivity contribution in [1.82, 2.24) is 0 Å². The molecule has 2 heteroatoms. The van der Waals surface area contributed by atoms with E-state index in [1.54, 1.807) is 0 Å². The second-order valence-electron chi connectivity index (χ2n) is 5.91. The average molecular weight is 244 g/mol. The van der Waals surface area contributed by atoms with Crippen LogP contribution in [0.2, 0.25) is 0 Å². The molecule has 1 atom stereocenters. The molecule has 18 heavy (non-hydrogen) atoms. The zero-order valence-electron chi connectivity index (χ0n) is 10.7. The van der Waals surface area contributed by atoms with Crippen LogP contribution in [0.15, 0.2) is 24.3 Å². The first kappa shape index (κ1) is 11.9. The van der Waals surface area contributed by atoms with Crippen LogP contribution in [-0.4, -0.2) is 16.5 Å². The molecular weight excluding hydrogens is 224 g/mol. The Hall–Kier alpha value is -1.15. The Bertz CT molecular complexity index is 458. The van der Waals surface area contributed by atoms with E-state index < -0.39 is 5.60 Å². The second-order valence-corrected chi connectivity index (χ2v) is 5.91. The van der Waals surface area contributed by atoms with E-state index >= 15 is 0 Å². The van der Waals surface area contributed by atoms with E-state index in [1.165, 1.54) is 6.42 Å². The van der Waals surface area contributed by atoms with Gasteiger partial charge in [0.15, 0.2) is 5.78 Å². The van der Waals surface area contributed by atoms with Crippen molar-refractivity contribution in [1.29, 1.82) is 0 Å². The third-order valence-corrected chi connectivity index (χ3v) is 4.53. The number of ketones is 1. The van der Waals surface area contributed by atoms with Gasteiger partial charge in [-0.25, -0.2) is 0 Å². The highest BCUT2D eigenvalue weighted by Crippen LogP contribution is 2.38. The van der Waals surface area contributed by atoms with Crippen LogP contribution in [0, 0.1) is 5.92 Å². The normalized spacial score (nSPS) is 26.1. The van der Waals surface area contributed by atoms with Gasteiger partial charge in [0.05, 0.1) is 5.60 Å². The molecule has 0 radical (unpaired) electrons. The molecule has 1 fully saturated rings. The number of hydrogen-bond acceptors (Lipinski definition) is 2. The summed E-state index contributed by atoms with van der Waals surface area (Å²) in [6.07, 6.45) is 6.63. The Balaban J connectivity index is 1.74. The highest BCUT2D eigenvalue weighted by Gasteiger charge is 2.38. The van der Waals surface area contributed by atoms with Crippen LogP contribution in [0.1, 0.15) is 54.4 Å². The lowest BCUT2D eigenvalue weighted by Crippen LogP contribution is -2.35. The molecule has 0 saturated heterocycles. The van der Waals surface area contributed by atoms with Crippen LogP contribution in [0.25, 0.3) is 0 Å². The summed E-state index contributed by atoms with van der Waals surface area (Å²) < 4.78 is 0. The smallest absolute Gasteiger partial charge is 0.166 e. The molecule has 1 aromatic rings. The highest BCUT2D eigenvalue weighted by molar-refractivity contribution is 6.02. The van der Waals surface area contributed by atoms with Crippen molar-refractivity contribution in [2.24, 2.45) is 5.92 Å². The zero-order valence-corrected chi connectivity index (χ0v) is 10.7. The van der Waals surface area contributed by atoms with Crippen molar-refractivity contribution >= 4 is 5.78 Å². The summed E-state index contributed by atoms with van der Waals surface area (Å²) in [5.41, 5.74) is 1.45. The van der Waals surface area contributed by atoms with Gasteiger partial charge in [-0.2, -0.15) is 0 Å². The maximum absolute atomic E-state index is 12.3. The summed E-state index contributed by atoms with van der Waals surface area (Å²) in [5.74, 6) is 0.245. The topological polar surface area (TPSA) is 37.3 Å². The quantitative estimate of drug-likeness (QED) is 0.867. The molecule has 2 aliphatic carbocycles. The number of carbonyl (C=O) groups is 1. The average Bonchev–Trinajstić information content (AvgIpc) is 2.67. The number of carbonyl (C=O) groups excluding carboxylic acids is 1. The maximum Gasteiger partial charge on any atom is 0.166 e. The van der Waals surface area contributed by atoms with Gasteiger partial charge in [0.25, 0.3) is 0 Å². The maximum atomic E-state index is 12.3. The molecule has 0 aromatic heterocycles. The van der Waals surface area contributed by atoms with Gasteiger partial charge >= 0.3 is 0 Å². The first-order valence-electron chi connectivity index (χ1n) is 7.02. The summed E-state index contributed by atoms with van der Waals surface area (Å²) in [4.78, 5) is 12.3. The van der Waals surface area contributed by atoms with E-state index in [0.717, 1.165) is 43.2 Å². The van der Waals surface area contributed by atoms with Gasteiger partial charge in [0.1, 0.15) is 0 Å². The van der Waals surface area contributed by atoms with E-state index in [2.05, 4.69) is 0 Å². The molecule has 96 valence electrons. The number of fused-ring (bicyclic) bond motifs is 1. The van der Waals surface area contributed by atoms with Crippen LogP contribution in [0.5, 0.6) is 0 Å². The number of Topliss-reactive ketones (excluding diaryl/α,β-unsaturated/α-hetero) is 1. The molecule has 1 aromatic carbocycles. The fourth-order valence-electron chi connectivity index (χ4n) is 3.55. The lowest BCUT2D eigenvalue weighted by atomic mass is 9.78. The Morgan fingerprint density at radius 3 is 2.61 bits per heavy atom. The Labute approximate surface area is 108 Å². The third-order valence-electron chi connectivity index (χ3n) is 4.53. The van der Waals surface area contributed by atoms with E-state index in [4.69, 9.17) is 0 Å². The van der Waals surface area contributed by atoms with Crippen molar-refractivity contribution in [3.63, 3.8) is 0 Å². The predicted octanol–water partition coefficient (Wildman–Crippen LogP) is 3.13. The lowest BCUT2D eigenvalue weighted by Gasteiger charge is -2.33. The second kappa shape index (κ2) is 4.51. The molecule has 1 unspecified atom stereocenters. The highest BCUT2D eigenvalue weighted by atomic mass is 16.3. The van der Waals surface area contributed by atoms with Crippen molar-refractivity contribution in [2.75, 3.05) is 0 Å². The summed E-state index contributed by atoms with van der Waals surface area (Å²) in [5, 5.41) is 10.6. The minimum atomic E-state index is -0.583.